The Bertz CT molecular complexity index is 386. The van der Waals surface area contributed by atoms with E-state index >= 15 is 0 Å². The minimum atomic E-state index is 0.537. The van der Waals surface area contributed by atoms with Crippen molar-refractivity contribution in [2.24, 2.45) is 0 Å². The second kappa shape index (κ2) is 5.07. The van der Waals surface area contributed by atoms with Gasteiger partial charge in [0.15, 0.2) is 0 Å². The van der Waals surface area contributed by atoms with Crippen LogP contribution in [0.3, 0.4) is 0 Å². The first-order chi connectivity index (χ1) is 8.42. The summed E-state index contributed by atoms with van der Waals surface area (Å²) in [5, 5.41) is 6.90. The number of anilines is 1. The maximum absolute atomic E-state index is 5.47. The molecule has 2 heterocycles. The molecule has 92 valence electrons. The van der Waals surface area contributed by atoms with Crippen LogP contribution in [0.25, 0.3) is 0 Å². The first-order valence-corrected chi connectivity index (χ1v) is 6.58. The Morgan fingerprint density at radius 1 is 1.29 bits per heavy atom. The molecule has 1 unspecified atom stereocenters. The number of benzene rings is 1. The topological polar surface area (TPSA) is 33.3 Å². The number of hydrogen-bond acceptors (Lipinski definition) is 3. The summed E-state index contributed by atoms with van der Waals surface area (Å²) in [7, 11) is 0. The van der Waals surface area contributed by atoms with Crippen LogP contribution in [0, 0.1) is 0 Å². The van der Waals surface area contributed by atoms with Crippen LogP contribution in [0.1, 0.15) is 17.5 Å². The van der Waals surface area contributed by atoms with Gasteiger partial charge in [0.2, 0.25) is 0 Å². The lowest BCUT2D eigenvalue weighted by Gasteiger charge is -2.23. The number of nitrogens with one attached hydrogen (secondary N) is 2. The highest BCUT2D eigenvalue weighted by Crippen LogP contribution is 2.23. The summed E-state index contributed by atoms with van der Waals surface area (Å²) in [5.41, 5.74) is 4.27. The van der Waals surface area contributed by atoms with Gasteiger partial charge in [0.25, 0.3) is 0 Å². The summed E-state index contributed by atoms with van der Waals surface area (Å²) in [5.74, 6) is 0. The van der Waals surface area contributed by atoms with Crippen LogP contribution in [0.5, 0.6) is 0 Å². The van der Waals surface area contributed by atoms with E-state index in [1.807, 2.05) is 0 Å². The van der Waals surface area contributed by atoms with Gasteiger partial charge in [-0.3, -0.25) is 0 Å². The smallest absolute Gasteiger partial charge is 0.0620 e. The average Bonchev–Trinajstić information content (AvgIpc) is 2.85. The van der Waals surface area contributed by atoms with Crippen molar-refractivity contribution in [1.82, 2.24) is 5.32 Å². The van der Waals surface area contributed by atoms with Gasteiger partial charge in [-0.15, -0.1) is 0 Å². The van der Waals surface area contributed by atoms with Gasteiger partial charge in [-0.1, -0.05) is 12.1 Å². The largest absolute Gasteiger partial charge is 0.384 e. The third kappa shape index (κ3) is 2.61. The second-order valence-corrected chi connectivity index (χ2v) is 4.93. The molecule has 1 atom stereocenters. The zero-order chi connectivity index (χ0) is 11.5. The van der Waals surface area contributed by atoms with Crippen molar-refractivity contribution >= 4 is 5.69 Å². The van der Waals surface area contributed by atoms with Crippen molar-refractivity contribution in [3.8, 4) is 0 Å². The average molecular weight is 232 g/mol. The molecule has 17 heavy (non-hydrogen) atoms. The molecule has 0 aliphatic carbocycles. The van der Waals surface area contributed by atoms with Gasteiger partial charge in [0.1, 0.15) is 0 Å². The van der Waals surface area contributed by atoms with Crippen LogP contribution < -0.4 is 10.6 Å². The third-order valence-electron chi connectivity index (χ3n) is 3.66. The van der Waals surface area contributed by atoms with Gasteiger partial charge >= 0.3 is 0 Å². The first-order valence-electron chi connectivity index (χ1n) is 6.58. The van der Waals surface area contributed by atoms with E-state index in [0.717, 1.165) is 32.7 Å². The number of rotatable bonds is 3. The van der Waals surface area contributed by atoms with Gasteiger partial charge < -0.3 is 15.4 Å². The Morgan fingerprint density at radius 3 is 3.18 bits per heavy atom. The fourth-order valence-corrected chi connectivity index (χ4v) is 2.66. The molecule has 0 amide bonds. The van der Waals surface area contributed by atoms with Crippen LogP contribution >= 0.6 is 0 Å². The molecule has 1 saturated heterocycles. The maximum atomic E-state index is 5.47. The molecule has 0 aromatic heterocycles. The number of aryl methyl sites for hydroxylation is 1. The number of ether oxygens (including phenoxy) is 1. The zero-order valence-corrected chi connectivity index (χ0v) is 10.2. The zero-order valence-electron chi connectivity index (χ0n) is 10.2. The molecule has 1 fully saturated rings. The molecule has 3 heteroatoms. The molecule has 0 radical (unpaired) electrons. The van der Waals surface area contributed by atoms with Gasteiger partial charge in [-0.2, -0.15) is 0 Å². The molecule has 0 spiro atoms. The standard InChI is InChI=1S/C14H20N2O/c1(3-13-10-17-8-7-15-13)11-2-4-14-12(9-11)5-6-16-14/h2,4,9,13,15-16H,1,3,5-8,10H2. The lowest BCUT2D eigenvalue weighted by Crippen LogP contribution is -2.41. The van der Waals surface area contributed by atoms with E-state index < -0.39 is 0 Å². The third-order valence-corrected chi connectivity index (χ3v) is 3.66. The quantitative estimate of drug-likeness (QED) is 0.830. The van der Waals surface area contributed by atoms with Crippen molar-refractivity contribution in [3.63, 3.8) is 0 Å². The number of morpholine rings is 1. The van der Waals surface area contributed by atoms with Crippen molar-refractivity contribution in [2.75, 3.05) is 31.6 Å². The van der Waals surface area contributed by atoms with E-state index in [4.69, 9.17) is 4.74 Å². The summed E-state index contributed by atoms with van der Waals surface area (Å²) in [6.07, 6.45) is 3.49. The predicted molar refractivity (Wildman–Crippen MR) is 69.6 cm³/mol. The Morgan fingerprint density at radius 2 is 2.29 bits per heavy atom. The van der Waals surface area contributed by atoms with E-state index in [1.54, 1.807) is 0 Å². The molecular formula is C14H20N2O. The fourth-order valence-electron chi connectivity index (χ4n) is 2.66. The van der Waals surface area contributed by atoms with E-state index in [2.05, 4.69) is 28.8 Å². The Kier molecular flexibility index (Phi) is 3.29. The Balaban J connectivity index is 1.57. The normalized spacial score (nSPS) is 23.2. The Hall–Kier alpha value is -1.06. The van der Waals surface area contributed by atoms with Crippen molar-refractivity contribution in [2.45, 2.75) is 25.3 Å². The summed E-state index contributed by atoms with van der Waals surface area (Å²) < 4.78 is 5.47. The van der Waals surface area contributed by atoms with Crippen LogP contribution in [-0.4, -0.2) is 32.3 Å². The molecule has 2 aliphatic heterocycles. The SMILES string of the molecule is c1cc2c(cc1CCC1COCCN1)CCN2. The number of hydrogen-bond donors (Lipinski definition) is 2. The van der Waals surface area contributed by atoms with Gasteiger partial charge in [-0.05, 0) is 36.5 Å². The lowest BCUT2D eigenvalue weighted by atomic mass is 10.0. The predicted octanol–water partition coefficient (Wildman–Crippen LogP) is 1.58. The highest BCUT2D eigenvalue weighted by Gasteiger charge is 2.14. The summed E-state index contributed by atoms with van der Waals surface area (Å²) in [6.45, 7) is 3.82. The minimum absolute atomic E-state index is 0.537. The van der Waals surface area contributed by atoms with E-state index in [9.17, 15) is 0 Å². The monoisotopic (exact) mass is 232 g/mol. The summed E-state index contributed by atoms with van der Waals surface area (Å²) in [6, 6.07) is 7.37. The molecule has 2 N–H and O–H groups in total. The van der Waals surface area contributed by atoms with Gasteiger partial charge in [0.05, 0.1) is 13.2 Å². The molecule has 1 aromatic rings. The molecule has 3 nitrogen and oxygen atoms in total. The summed E-state index contributed by atoms with van der Waals surface area (Å²) in [4.78, 5) is 0. The van der Waals surface area contributed by atoms with E-state index in [0.29, 0.717) is 6.04 Å². The highest BCUT2D eigenvalue weighted by molar-refractivity contribution is 5.56. The first kappa shape index (κ1) is 11.1. The van der Waals surface area contributed by atoms with E-state index in [-0.39, 0.29) is 0 Å². The maximum Gasteiger partial charge on any atom is 0.0620 e. The molecule has 2 aliphatic rings. The molecular weight excluding hydrogens is 212 g/mol. The van der Waals surface area contributed by atoms with Crippen molar-refractivity contribution in [1.29, 1.82) is 0 Å². The minimum Gasteiger partial charge on any atom is -0.384 e. The molecule has 0 saturated carbocycles. The van der Waals surface area contributed by atoms with Crippen LogP contribution in [0.4, 0.5) is 5.69 Å². The van der Waals surface area contributed by atoms with E-state index in [1.165, 1.54) is 29.7 Å². The van der Waals surface area contributed by atoms with Gasteiger partial charge in [-0.25, -0.2) is 0 Å². The lowest BCUT2D eigenvalue weighted by molar-refractivity contribution is 0.0743. The molecule has 3 rings (SSSR count). The van der Waals surface area contributed by atoms with Crippen LogP contribution in [0.2, 0.25) is 0 Å². The molecule has 1 aromatic carbocycles. The highest BCUT2D eigenvalue weighted by atomic mass is 16.5. The van der Waals surface area contributed by atoms with Crippen molar-refractivity contribution in [3.05, 3.63) is 29.3 Å². The van der Waals surface area contributed by atoms with Crippen LogP contribution in [0.15, 0.2) is 18.2 Å². The second-order valence-electron chi connectivity index (χ2n) is 4.93. The fraction of sp³-hybridized carbons (Fsp3) is 0.571. The summed E-state index contributed by atoms with van der Waals surface area (Å²) >= 11 is 0. The van der Waals surface area contributed by atoms with Gasteiger partial charge in [0, 0.05) is 24.8 Å². The Labute approximate surface area is 103 Å². The number of fused-ring (bicyclic) bond motifs is 1. The van der Waals surface area contributed by atoms with Crippen molar-refractivity contribution < 1.29 is 4.74 Å². The van der Waals surface area contributed by atoms with Crippen LogP contribution in [-0.2, 0) is 17.6 Å². The molecule has 0 bridgehead atoms.